The number of rotatable bonds is 4. The van der Waals surface area contributed by atoms with Gasteiger partial charge in [0.1, 0.15) is 5.75 Å². The number of anilines is 1. The molecule has 0 saturated heterocycles. The van der Waals surface area contributed by atoms with Gasteiger partial charge >= 0.3 is 5.97 Å². The molecule has 6 heteroatoms. The summed E-state index contributed by atoms with van der Waals surface area (Å²) in [5.74, 6) is -0.274. The first-order valence-corrected chi connectivity index (χ1v) is 6.37. The number of methoxy groups -OCH3 is 1. The van der Waals surface area contributed by atoms with E-state index >= 15 is 0 Å². The maximum atomic E-state index is 11.1. The SMILES string of the molecule is COc1ccc(Sc2ccccc2C(=O)O)c(N)c1.Cl. The van der Waals surface area contributed by atoms with Gasteiger partial charge in [-0.15, -0.1) is 12.4 Å². The van der Waals surface area contributed by atoms with E-state index in [1.807, 2.05) is 6.07 Å². The molecule has 0 heterocycles. The number of ether oxygens (including phenoxy) is 1. The highest BCUT2D eigenvalue weighted by atomic mass is 35.5. The Kier molecular flexibility index (Phi) is 5.73. The number of halogens is 1. The van der Waals surface area contributed by atoms with E-state index in [1.54, 1.807) is 43.5 Å². The lowest BCUT2D eigenvalue weighted by Gasteiger charge is -2.09. The molecule has 106 valence electrons. The molecule has 20 heavy (non-hydrogen) atoms. The van der Waals surface area contributed by atoms with Crippen molar-refractivity contribution in [2.45, 2.75) is 9.79 Å². The molecule has 0 aliphatic heterocycles. The topological polar surface area (TPSA) is 72.5 Å². The van der Waals surface area contributed by atoms with Crippen molar-refractivity contribution in [3.63, 3.8) is 0 Å². The molecule has 0 amide bonds. The Morgan fingerprint density at radius 2 is 1.90 bits per heavy atom. The number of benzene rings is 2. The fourth-order valence-electron chi connectivity index (χ4n) is 1.60. The fourth-order valence-corrected chi connectivity index (χ4v) is 2.56. The Morgan fingerprint density at radius 1 is 1.20 bits per heavy atom. The average molecular weight is 312 g/mol. The first-order chi connectivity index (χ1) is 9.11. The summed E-state index contributed by atoms with van der Waals surface area (Å²) in [6.07, 6.45) is 0. The molecule has 2 rings (SSSR count). The van der Waals surface area contributed by atoms with Gasteiger partial charge < -0.3 is 15.6 Å². The molecule has 0 aliphatic rings. The van der Waals surface area contributed by atoms with Crippen LogP contribution in [0.4, 0.5) is 5.69 Å². The van der Waals surface area contributed by atoms with Crippen molar-refractivity contribution in [2.75, 3.05) is 12.8 Å². The van der Waals surface area contributed by atoms with Gasteiger partial charge in [0.15, 0.2) is 0 Å². The Hall–Kier alpha value is -1.85. The summed E-state index contributed by atoms with van der Waals surface area (Å²) in [5.41, 5.74) is 6.75. The van der Waals surface area contributed by atoms with Gasteiger partial charge in [-0.1, -0.05) is 23.9 Å². The Bertz CT molecular complexity index is 619. The van der Waals surface area contributed by atoms with Crippen molar-refractivity contribution in [1.29, 1.82) is 0 Å². The highest BCUT2D eigenvalue weighted by Gasteiger charge is 2.11. The van der Waals surface area contributed by atoms with Crippen LogP contribution in [0.5, 0.6) is 5.75 Å². The van der Waals surface area contributed by atoms with Crippen molar-refractivity contribution in [1.82, 2.24) is 0 Å². The molecule has 0 unspecified atom stereocenters. The predicted octanol–water partition coefficient (Wildman–Crippen LogP) is 3.55. The molecule has 4 nitrogen and oxygen atoms in total. The van der Waals surface area contributed by atoms with E-state index in [2.05, 4.69) is 0 Å². The number of hydrogen-bond donors (Lipinski definition) is 2. The Labute approximate surface area is 127 Å². The summed E-state index contributed by atoms with van der Waals surface area (Å²) in [6.45, 7) is 0. The highest BCUT2D eigenvalue weighted by molar-refractivity contribution is 7.99. The summed E-state index contributed by atoms with van der Waals surface area (Å²) >= 11 is 1.33. The van der Waals surface area contributed by atoms with E-state index in [4.69, 9.17) is 15.6 Å². The van der Waals surface area contributed by atoms with E-state index in [-0.39, 0.29) is 18.0 Å². The number of carboxylic acids is 1. The molecular weight excluding hydrogens is 298 g/mol. The van der Waals surface area contributed by atoms with Gasteiger partial charge in [0, 0.05) is 21.5 Å². The van der Waals surface area contributed by atoms with Gasteiger partial charge in [0.2, 0.25) is 0 Å². The number of nitrogens with two attached hydrogens (primary N) is 1. The fraction of sp³-hybridized carbons (Fsp3) is 0.0714. The Balaban J connectivity index is 0.00000200. The number of aromatic carboxylic acids is 1. The third-order valence-electron chi connectivity index (χ3n) is 2.55. The van der Waals surface area contributed by atoms with Crippen molar-refractivity contribution in [3.05, 3.63) is 48.0 Å². The van der Waals surface area contributed by atoms with E-state index in [9.17, 15) is 4.79 Å². The van der Waals surface area contributed by atoms with Crippen LogP contribution in [0.1, 0.15) is 10.4 Å². The molecular formula is C14H14ClNO3S. The zero-order valence-corrected chi connectivity index (χ0v) is 12.3. The van der Waals surface area contributed by atoms with E-state index in [0.717, 1.165) is 4.90 Å². The number of carbonyl (C=O) groups is 1. The molecule has 2 aromatic carbocycles. The van der Waals surface area contributed by atoms with Gasteiger partial charge in [0.25, 0.3) is 0 Å². The van der Waals surface area contributed by atoms with Crippen molar-refractivity contribution >= 4 is 35.8 Å². The minimum absolute atomic E-state index is 0. The summed E-state index contributed by atoms with van der Waals surface area (Å²) in [7, 11) is 1.57. The summed E-state index contributed by atoms with van der Waals surface area (Å²) < 4.78 is 5.08. The molecule has 0 bridgehead atoms. The normalized spacial score (nSPS) is 9.65. The number of hydrogen-bond acceptors (Lipinski definition) is 4. The minimum atomic E-state index is -0.949. The molecule has 0 saturated carbocycles. The summed E-state index contributed by atoms with van der Waals surface area (Å²) in [5, 5.41) is 9.13. The van der Waals surface area contributed by atoms with Gasteiger partial charge in [-0.05, 0) is 24.3 Å². The second kappa shape index (κ2) is 7.07. The number of carboxylic acid groups (broad SMARTS) is 1. The van der Waals surface area contributed by atoms with Crippen LogP contribution in [0.2, 0.25) is 0 Å². The van der Waals surface area contributed by atoms with Crippen LogP contribution in [-0.2, 0) is 0 Å². The minimum Gasteiger partial charge on any atom is -0.497 e. The van der Waals surface area contributed by atoms with Crippen molar-refractivity contribution in [3.8, 4) is 5.75 Å². The summed E-state index contributed by atoms with van der Waals surface area (Å²) in [6, 6.07) is 12.2. The molecule has 0 aliphatic carbocycles. The molecule has 0 fully saturated rings. The van der Waals surface area contributed by atoms with Crippen LogP contribution in [0.15, 0.2) is 52.3 Å². The third-order valence-corrected chi connectivity index (χ3v) is 3.72. The smallest absolute Gasteiger partial charge is 0.336 e. The van der Waals surface area contributed by atoms with Gasteiger partial charge in [-0.3, -0.25) is 0 Å². The van der Waals surface area contributed by atoms with E-state index in [0.29, 0.717) is 16.3 Å². The second-order valence-electron chi connectivity index (χ2n) is 3.81. The molecule has 0 aromatic heterocycles. The maximum absolute atomic E-state index is 11.1. The lowest BCUT2D eigenvalue weighted by molar-refractivity contribution is 0.0693. The van der Waals surface area contributed by atoms with Crippen LogP contribution < -0.4 is 10.5 Å². The molecule has 0 radical (unpaired) electrons. The van der Waals surface area contributed by atoms with E-state index in [1.165, 1.54) is 11.8 Å². The first-order valence-electron chi connectivity index (χ1n) is 5.55. The predicted molar refractivity (Wildman–Crippen MR) is 82.2 cm³/mol. The van der Waals surface area contributed by atoms with Crippen LogP contribution in [0.25, 0.3) is 0 Å². The third kappa shape index (κ3) is 3.59. The summed E-state index contributed by atoms with van der Waals surface area (Å²) in [4.78, 5) is 12.6. The van der Waals surface area contributed by atoms with Crippen LogP contribution >= 0.6 is 24.2 Å². The quantitative estimate of drug-likeness (QED) is 0.845. The lowest BCUT2D eigenvalue weighted by Crippen LogP contribution is -1.98. The monoisotopic (exact) mass is 311 g/mol. The van der Waals surface area contributed by atoms with Gasteiger partial charge in [0.05, 0.1) is 12.7 Å². The molecule has 0 atom stereocenters. The van der Waals surface area contributed by atoms with E-state index < -0.39 is 5.97 Å². The van der Waals surface area contributed by atoms with Crippen LogP contribution in [-0.4, -0.2) is 18.2 Å². The van der Waals surface area contributed by atoms with Crippen LogP contribution in [0, 0.1) is 0 Å². The largest absolute Gasteiger partial charge is 0.497 e. The Morgan fingerprint density at radius 3 is 2.50 bits per heavy atom. The highest BCUT2D eigenvalue weighted by Crippen LogP contribution is 2.35. The van der Waals surface area contributed by atoms with Crippen molar-refractivity contribution in [2.24, 2.45) is 0 Å². The molecule has 0 spiro atoms. The maximum Gasteiger partial charge on any atom is 0.336 e. The first kappa shape index (κ1) is 16.2. The van der Waals surface area contributed by atoms with Gasteiger partial charge in [-0.2, -0.15) is 0 Å². The number of nitrogen functional groups attached to an aromatic ring is 1. The lowest BCUT2D eigenvalue weighted by atomic mass is 10.2. The second-order valence-corrected chi connectivity index (χ2v) is 4.89. The zero-order chi connectivity index (χ0) is 13.8. The standard InChI is InChI=1S/C14H13NO3S.ClH/c1-18-9-6-7-13(11(15)8-9)19-12-5-3-2-4-10(12)14(16)17;/h2-8H,15H2,1H3,(H,16,17);1H. The average Bonchev–Trinajstić information content (AvgIpc) is 2.41. The zero-order valence-electron chi connectivity index (χ0n) is 10.7. The van der Waals surface area contributed by atoms with Gasteiger partial charge in [-0.25, -0.2) is 4.79 Å². The van der Waals surface area contributed by atoms with Crippen molar-refractivity contribution < 1.29 is 14.6 Å². The molecule has 3 N–H and O–H groups in total. The molecule has 2 aromatic rings. The van der Waals surface area contributed by atoms with Crippen LogP contribution in [0.3, 0.4) is 0 Å².